The summed E-state index contributed by atoms with van der Waals surface area (Å²) < 4.78 is 37.5. The van der Waals surface area contributed by atoms with Crippen molar-refractivity contribution in [2.45, 2.75) is 6.92 Å². The van der Waals surface area contributed by atoms with Crippen LogP contribution >= 0.6 is 11.3 Å². The van der Waals surface area contributed by atoms with Gasteiger partial charge in [0.1, 0.15) is 23.9 Å². The van der Waals surface area contributed by atoms with Gasteiger partial charge in [0.05, 0.1) is 17.0 Å². The molecule has 0 aliphatic rings. The summed E-state index contributed by atoms with van der Waals surface area (Å²) in [5, 5.41) is 2.27. The van der Waals surface area contributed by atoms with Crippen LogP contribution in [0.2, 0.25) is 0 Å². The van der Waals surface area contributed by atoms with Gasteiger partial charge in [-0.1, -0.05) is 12.1 Å². The summed E-state index contributed by atoms with van der Waals surface area (Å²) in [5.74, 6) is -2.74. The zero-order valence-electron chi connectivity index (χ0n) is 16.3. The van der Waals surface area contributed by atoms with Gasteiger partial charge in [-0.2, -0.15) is 0 Å². The molecule has 0 saturated carbocycles. The second-order valence-corrected chi connectivity index (χ2v) is 7.46. The van der Waals surface area contributed by atoms with Gasteiger partial charge in [0.25, 0.3) is 5.91 Å². The minimum absolute atomic E-state index is 0.169. The molecule has 3 rings (SSSR count). The number of carbonyl (C=O) groups excluding carboxylic acids is 2. The number of hydrogen-bond donors (Lipinski definition) is 1. The normalized spacial score (nSPS) is 10.7. The lowest BCUT2D eigenvalue weighted by molar-refractivity contribution is 0.0388. The van der Waals surface area contributed by atoms with Crippen molar-refractivity contribution in [1.29, 1.82) is 0 Å². The number of hydrogen-bond acceptors (Lipinski definition) is 5. The van der Waals surface area contributed by atoms with Crippen LogP contribution in [0.1, 0.15) is 25.6 Å². The highest BCUT2D eigenvalue weighted by molar-refractivity contribution is 7.17. The molecule has 0 aliphatic heterocycles. The van der Waals surface area contributed by atoms with Crippen LogP contribution in [0.4, 0.5) is 14.5 Å². The Morgan fingerprint density at radius 3 is 2.43 bits per heavy atom. The first kappa shape index (κ1) is 21.6. The van der Waals surface area contributed by atoms with E-state index in [1.165, 1.54) is 24.5 Å². The summed E-state index contributed by atoms with van der Waals surface area (Å²) in [4.78, 5) is 25.5. The molecule has 1 N–H and O–H groups in total. The smallest absolute Gasteiger partial charge is 0.338 e. The maximum atomic E-state index is 13.8. The summed E-state index contributed by atoms with van der Waals surface area (Å²) in [5.41, 5.74) is 1.59. The number of aryl methyl sites for hydroxylation is 1. The van der Waals surface area contributed by atoms with Crippen molar-refractivity contribution in [1.82, 2.24) is 0 Å². The maximum absolute atomic E-state index is 13.8. The zero-order chi connectivity index (χ0) is 21.7. The quantitative estimate of drug-likeness (QED) is 0.420. The summed E-state index contributed by atoms with van der Waals surface area (Å²) in [7, 11) is 1.52. The fourth-order valence-corrected chi connectivity index (χ4v) is 3.76. The summed E-state index contributed by atoms with van der Waals surface area (Å²) >= 11 is 1.18. The highest BCUT2D eigenvalue weighted by Gasteiger charge is 2.17. The number of rotatable bonds is 7. The number of esters is 1. The van der Waals surface area contributed by atoms with Gasteiger partial charge >= 0.3 is 5.97 Å². The van der Waals surface area contributed by atoms with E-state index in [-0.39, 0.29) is 6.61 Å². The Bertz CT molecular complexity index is 1060. The van der Waals surface area contributed by atoms with Crippen LogP contribution in [0, 0.1) is 18.6 Å². The molecule has 0 bridgehead atoms. The van der Waals surface area contributed by atoms with Crippen molar-refractivity contribution in [3.05, 3.63) is 76.2 Å². The lowest BCUT2D eigenvalue weighted by Crippen LogP contribution is -2.12. The topological polar surface area (TPSA) is 64.6 Å². The predicted molar refractivity (Wildman–Crippen MR) is 111 cm³/mol. The molecule has 8 heteroatoms. The van der Waals surface area contributed by atoms with Crippen LogP contribution < -0.4 is 5.32 Å². The second kappa shape index (κ2) is 9.60. The molecule has 1 aromatic heterocycles. The average molecular weight is 431 g/mol. The van der Waals surface area contributed by atoms with Gasteiger partial charge in [-0.05, 0) is 54.4 Å². The van der Waals surface area contributed by atoms with E-state index in [0.29, 0.717) is 17.0 Å². The van der Waals surface area contributed by atoms with Gasteiger partial charge in [-0.15, -0.1) is 11.3 Å². The van der Waals surface area contributed by atoms with Crippen molar-refractivity contribution >= 4 is 28.9 Å². The molecule has 0 atom stereocenters. The van der Waals surface area contributed by atoms with Crippen LogP contribution in [0.3, 0.4) is 0 Å². The van der Waals surface area contributed by atoms with E-state index < -0.39 is 29.2 Å². The fourth-order valence-electron chi connectivity index (χ4n) is 2.77. The van der Waals surface area contributed by atoms with Crippen molar-refractivity contribution in [2.24, 2.45) is 0 Å². The number of halogens is 2. The number of thiophene rings is 1. The third kappa shape index (κ3) is 4.90. The number of methoxy groups -OCH3 is 1. The average Bonchev–Trinajstić information content (AvgIpc) is 3.21. The van der Waals surface area contributed by atoms with Crippen molar-refractivity contribution in [3.8, 4) is 10.4 Å². The first-order chi connectivity index (χ1) is 14.4. The largest absolute Gasteiger partial charge is 0.460 e. The lowest BCUT2D eigenvalue weighted by Gasteiger charge is -2.08. The van der Waals surface area contributed by atoms with E-state index in [0.717, 1.165) is 28.1 Å². The highest BCUT2D eigenvalue weighted by atomic mass is 32.1. The number of nitrogens with one attached hydrogen (secondary N) is 1. The summed E-state index contributed by atoms with van der Waals surface area (Å²) in [6.07, 6.45) is 0. The molecule has 0 radical (unpaired) electrons. The first-order valence-corrected chi connectivity index (χ1v) is 9.84. The number of carbonyl (C=O) groups is 2. The molecular weight excluding hydrogens is 412 g/mol. The van der Waals surface area contributed by atoms with Crippen molar-refractivity contribution in [2.75, 3.05) is 25.6 Å². The Hall–Kier alpha value is -3.10. The first-order valence-electron chi connectivity index (χ1n) is 9.03. The standard InChI is InChI=1S/C22H19F2NO4S/c1-13-12-14(22(27)29-11-10-28-2)6-7-15(13)18-8-9-19(30-18)21(26)25-20-16(23)4-3-5-17(20)24/h3-9,12H,10-11H2,1-2H3,(H,25,26). The highest BCUT2D eigenvalue weighted by Crippen LogP contribution is 2.32. The van der Waals surface area contributed by atoms with Crippen molar-refractivity contribution in [3.63, 3.8) is 0 Å². The molecule has 0 aliphatic carbocycles. The maximum Gasteiger partial charge on any atom is 0.338 e. The van der Waals surface area contributed by atoms with Crippen molar-refractivity contribution < 1.29 is 27.8 Å². The predicted octanol–water partition coefficient (Wildman–Crippen LogP) is 5.06. The third-order valence-electron chi connectivity index (χ3n) is 4.28. The van der Waals surface area contributed by atoms with Crippen LogP contribution in [-0.4, -0.2) is 32.2 Å². The molecular formula is C22H19F2NO4S. The van der Waals surface area contributed by atoms with Gasteiger partial charge in [0, 0.05) is 12.0 Å². The van der Waals surface area contributed by atoms with Gasteiger partial charge in [0.15, 0.2) is 0 Å². The number of anilines is 1. The van der Waals surface area contributed by atoms with Gasteiger partial charge in [-0.25, -0.2) is 13.6 Å². The van der Waals surface area contributed by atoms with Gasteiger partial charge < -0.3 is 14.8 Å². The van der Waals surface area contributed by atoms with Gasteiger partial charge in [0.2, 0.25) is 0 Å². The number of ether oxygens (including phenoxy) is 2. The molecule has 3 aromatic rings. The third-order valence-corrected chi connectivity index (χ3v) is 5.40. The van der Waals surface area contributed by atoms with E-state index in [9.17, 15) is 18.4 Å². The van der Waals surface area contributed by atoms with Crippen LogP contribution in [0.25, 0.3) is 10.4 Å². The molecule has 0 spiro atoms. The summed E-state index contributed by atoms with van der Waals surface area (Å²) in [6, 6.07) is 11.8. The number of para-hydroxylation sites is 1. The molecule has 30 heavy (non-hydrogen) atoms. The van der Waals surface area contributed by atoms with E-state index in [4.69, 9.17) is 9.47 Å². The van der Waals surface area contributed by atoms with E-state index in [1.54, 1.807) is 30.3 Å². The van der Waals surface area contributed by atoms with E-state index in [2.05, 4.69) is 5.32 Å². The molecule has 5 nitrogen and oxygen atoms in total. The van der Waals surface area contributed by atoms with Crippen LogP contribution in [0.15, 0.2) is 48.5 Å². The minimum atomic E-state index is -0.844. The van der Waals surface area contributed by atoms with Crippen LogP contribution in [0.5, 0.6) is 0 Å². The monoisotopic (exact) mass is 431 g/mol. The molecule has 0 unspecified atom stereocenters. The molecule has 0 saturated heterocycles. The van der Waals surface area contributed by atoms with E-state index in [1.807, 2.05) is 6.92 Å². The Kier molecular flexibility index (Phi) is 6.91. The van der Waals surface area contributed by atoms with E-state index >= 15 is 0 Å². The molecule has 1 amide bonds. The Morgan fingerprint density at radius 2 is 1.77 bits per heavy atom. The fraction of sp³-hybridized carbons (Fsp3) is 0.182. The zero-order valence-corrected chi connectivity index (χ0v) is 17.1. The Morgan fingerprint density at radius 1 is 1.03 bits per heavy atom. The van der Waals surface area contributed by atoms with Gasteiger partial charge in [-0.3, -0.25) is 4.79 Å². The molecule has 1 heterocycles. The molecule has 2 aromatic carbocycles. The summed E-state index contributed by atoms with van der Waals surface area (Å²) in [6.45, 7) is 2.33. The molecule has 0 fully saturated rings. The minimum Gasteiger partial charge on any atom is -0.460 e. The number of benzene rings is 2. The Balaban J connectivity index is 1.75. The Labute approximate surface area is 176 Å². The number of amides is 1. The van der Waals surface area contributed by atoms with Crippen LogP contribution in [-0.2, 0) is 9.47 Å². The second-order valence-electron chi connectivity index (χ2n) is 6.37. The molecule has 156 valence electrons. The SMILES string of the molecule is COCCOC(=O)c1ccc(-c2ccc(C(=O)Nc3c(F)cccc3F)s2)c(C)c1. The lowest BCUT2D eigenvalue weighted by atomic mass is 10.0.